The lowest BCUT2D eigenvalue weighted by Gasteiger charge is -2.13. The predicted octanol–water partition coefficient (Wildman–Crippen LogP) is 4.57. The molecule has 0 saturated heterocycles. The van der Waals surface area contributed by atoms with Crippen LogP contribution >= 0.6 is 22.9 Å². The molecule has 152 valence electrons. The average Bonchev–Trinajstić information content (AvgIpc) is 3.22. The molecule has 0 aliphatic carbocycles. The van der Waals surface area contributed by atoms with Crippen molar-refractivity contribution in [3.05, 3.63) is 69.6 Å². The minimum Gasteiger partial charge on any atom is -0.491 e. The van der Waals surface area contributed by atoms with Crippen LogP contribution in [0.15, 0.2) is 53.4 Å². The van der Waals surface area contributed by atoms with Gasteiger partial charge in [0.25, 0.3) is 5.91 Å². The van der Waals surface area contributed by atoms with Crippen molar-refractivity contribution in [1.29, 1.82) is 0 Å². The Morgan fingerprint density at radius 1 is 1.17 bits per heavy atom. The predicted molar refractivity (Wildman–Crippen MR) is 116 cm³/mol. The maximum Gasteiger partial charge on any atom is 0.255 e. The number of nitrogens with one attached hydrogen (secondary N) is 1. The molecule has 0 spiro atoms. The van der Waals surface area contributed by atoms with Crippen LogP contribution in [0.5, 0.6) is 11.5 Å². The third-order valence-electron chi connectivity index (χ3n) is 3.97. The highest BCUT2D eigenvalue weighted by atomic mass is 35.5. The van der Waals surface area contributed by atoms with Crippen LogP contribution in [-0.4, -0.2) is 43.0 Å². The standard InChI is InChI=1S/C21H22ClN3O3S/c1-25(2)9-10-27-20-8-5-16(11-19(20)22)24-21(26)15-3-6-18(7-4-15)28-12-17-13-29-14-23-17/h3-8,11,13-14H,9-10,12H2,1-2H3,(H,24,26). The second-order valence-electron chi connectivity index (χ2n) is 6.54. The van der Waals surface area contributed by atoms with Gasteiger partial charge in [0.2, 0.25) is 0 Å². The maximum absolute atomic E-state index is 12.5. The fourth-order valence-corrected chi connectivity index (χ4v) is 3.18. The van der Waals surface area contributed by atoms with Gasteiger partial charge in [-0.05, 0) is 56.6 Å². The molecule has 2 aromatic carbocycles. The summed E-state index contributed by atoms with van der Waals surface area (Å²) in [5, 5.41) is 5.23. The number of rotatable bonds is 9. The van der Waals surface area contributed by atoms with E-state index >= 15 is 0 Å². The zero-order valence-corrected chi connectivity index (χ0v) is 17.8. The minimum absolute atomic E-state index is 0.228. The normalized spacial score (nSPS) is 10.8. The number of anilines is 1. The van der Waals surface area contributed by atoms with Crippen LogP contribution in [-0.2, 0) is 6.61 Å². The van der Waals surface area contributed by atoms with Crippen molar-refractivity contribution in [3.8, 4) is 11.5 Å². The Morgan fingerprint density at radius 2 is 1.97 bits per heavy atom. The largest absolute Gasteiger partial charge is 0.491 e. The van der Waals surface area contributed by atoms with Gasteiger partial charge >= 0.3 is 0 Å². The van der Waals surface area contributed by atoms with E-state index in [0.717, 1.165) is 12.2 Å². The number of benzene rings is 2. The van der Waals surface area contributed by atoms with E-state index in [1.165, 1.54) is 11.3 Å². The zero-order valence-electron chi connectivity index (χ0n) is 16.2. The molecule has 0 bridgehead atoms. The Bertz CT molecular complexity index is 931. The van der Waals surface area contributed by atoms with E-state index in [9.17, 15) is 4.79 Å². The summed E-state index contributed by atoms with van der Waals surface area (Å²) in [4.78, 5) is 18.7. The van der Waals surface area contributed by atoms with E-state index in [1.54, 1.807) is 48.0 Å². The van der Waals surface area contributed by atoms with Gasteiger partial charge in [-0.2, -0.15) is 0 Å². The summed E-state index contributed by atoms with van der Waals surface area (Å²) in [6.45, 7) is 1.73. The third-order valence-corrected chi connectivity index (χ3v) is 4.90. The van der Waals surface area contributed by atoms with Crippen molar-refractivity contribution < 1.29 is 14.3 Å². The van der Waals surface area contributed by atoms with Crippen LogP contribution in [0.4, 0.5) is 5.69 Å². The fourth-order valence-electron chi connectivity index (χ4n) is 2.41. The monoisotopic (exact) mass is 431 g/mol. The summed E-state index contributed by atoms with van der Waals surface area (Å²) in [5.41, 5.74) is 3.76. The lowest BCUT2D eigenvalue weighted by Crippen LogP contribution is -2.19. The molecule has 0 radical (unpaired) electrons. The molecule has 1 heterocycles. The average molecular weight is 432 g/mol. The molecule has 1 amide bonds. The maximum atomic E-state index is 12.5. The van der Waals surface area contributed by atoms with Crippen LogP contribution in [0.3, 0.4) is 0 Å². The van der Waals surface area contributed by atoms with E-state index in [0.29, 0.717) is 41.0 Å². The number of carbonyl (C=O) groups excluding carboxylic acids is 1. The molecule has 0 unspecified atom stereocenters. The van der Waals surface area contributed by atoms with Gasteiger partial charge in [0, 0.05) is 23.2 Å². The Kier molecular flexibility index (Phi) is 7.46. The Hall–Kier alpha value is -2.61. The van der Waals surface area contributed by atoms with Crippen molar-refractivity contribution >= 4 is 34.5 Å². The van der Waals surface area contributed by atoms with Crippen molar-refractivity contribution in [1.82, 2.24) is 9.88 Å². The Labute approximate surface area is 179 Å². The van der Waals surface area contributed by atoms with E-state index in [4.69, 9.17) is 21.1 Å². The van der Waals surface area contributed by atoms with Gasteiger partial charge in [-0.1, -0.05) is 11.6 Å². The van der Waals surface area contributed by atoms with Crippen molar-refractivity contribution in [2.75, 3.05) is 32.6 Å². The van der Waals surface area contributed by atoms with Gasteiger partial charge < -0.3 is 19.7 Å². The molecule has 0 aliphatic heterocycles. The quantitative estimate of drug-likeness (QED) is 0.537. The summed E-state index contributed by atoms with van der Waals surface area (Å²) in [5.74, 6) is 1.04. The first-order valence-corrected chi connectivity index (χ1v) is 10.3. The highest BCUT2D eigenvalue weighted by Gasteiger charge is 2.09. The molecule has 0 fully saturated rings. The second-order valence-corrected chi connectivity index (χ2v) is 7.67. The van der Waals surface area contributed by atoms with Crippen molar-refractivity contribution in [2.45, 2.75) is 6.61 Å². The molecule has 1 aromatic heterocycles. The highest BCUT2D eigenvalue weighted by molar-refractivity contribution is 7.07. The third kappa shape index (κ3) is 6.45. The van der Waals surface area contributed by atoms with Crippen molar-refractivity contribution in [2.24, 2.45) is 0 Å². The molecular formula is C21H22ClN3O3S. The summed E-state index contributed by atoms with van der Waals surface area (Å²) in [6.07, 6.45) is 0. The Morgan fingerprint density at radius 3 is 2.62 bits per heavy atom. The molecule has 0 aliphatic rings. The van der Waals surface area contributed by atoms with Gasteiger partial charge in [0.1, 0.15) is 24.7 Å². The topological polar surface area (TPSA) is 63.7 Å². The lowest BCUT2D eigenvalue weighted by molar-refractivity contribution is 0.102. The second kappa shape index (κ2) is 10.2. The summed E-state index contributed by atoms with van der Waals surface area (Å²) >= 11 is 7.79. The number of ether oxygens (including phenoxy) is 2. The van der Waals surface area contributed by atoms with Crippen LogP contribution in [0.25, 0.3) is 0 Å². The number of nitrogens with zero attached hydrogens (tertiary/aromatic N) is 2. The van der Waals surface area contributed by atoms with Crippen LogP contribution in [0.1, 0.15) is 16.1 Å². The van der Waals surface area contributed by atoms with E-state index in [2.05, 4.69) is 10.3 Å². The van der Waals surface area contributed by atoms with Crippen LogP contribution in [0.2, 0.25) is 5.02 Å². The molecular weight excluding hydrogens is 410 g/mol. The first-order chi connectivity index (χ1) is 14.0. The van der Waals surface area contributed by atoms with Gasteiger partial charge in [0.15, 0.2) is 0 Å². The Balaban J connectivity index is 1.54. The number of carbonyl (C=O) groups is 1. The SMILES string of the molecule is CN(C)CCOc1ccc(NC(=O)c2ccc(OCc3cscn3)cc2)cc1Cl. The summed E-state index contributed by atoms with van der Waals surface area (Å²) in [6, 6.07) is 12.1. The van der Waals surface area contributed by atoms with Crippen LogP contribution in [0, 0.1) is 0 Å². The number of likely N-dealkylation sites (N-methyl/N-ethyl adjacent to an activating group) is 1. The van der Waals surface area contributed by atoms with Crippen LogP contribution < -0.4 is 14.8 Å². The number of hydrogen-bond donors (Lipinski definition) is 1. The van der Waals surface area contributed by atoms with E-state index in [-0.39, 0.29) is 5.91 Å². The zero-order chi connectivity index (χ0) is 20.6. The number of hydrogen-bond acceptors (Lipinski definition) is 6. The lowest BCUT2D eigenvalue weighted by atomic mass is 10.2. The summed E-state index contributed by atoms with van der Waals surface area (Å²) in [7, 11) is 3.95. The van der Waals surface area contributed by atoms with E-state index < -0.39 is 0 Å². The fraction of sp³-hybridized carbons (Fsp3) is 0.238. The van der Waals surface area contributed by atoms with Gasteiger partial charge in [-0.3, -0.25) is 4.79 Å². The molecule has 8 heteroatoms. The van der Waals surface area contributed by atoms with Gasteiger partial charge in [-0.25, -0.2) is 4.98 Å². The van der Waals surface area contributed by atoms with Gasteiger partial charge in [0.05, 0.1) is 16.2 Å². The first kappa shape index (κ1) is 21.1. The number of thiazole rings is 1. The van der Waals surface area contributed by atoms with Crippen molar-refractivity contribution in [3.63, 3.8) is 0 Å². The molecule has 1 N–H and O–H groups in total. The number of aromatic nitrogens is 1. The molecule has 3 aromatic rings. The molecule has 0 saturated carbocycles. The molecule has 29 heavy (non-hydrogen) atoms. The smallest absolute Gasteiger partial charge is 0.255 e. The highest BCUT2D eigenvalue weighted by Crippen LogP contribution is 2.28. The number of halogens is 1. The molecule has 6 nitrogen and oxygen atoms in total. The summed E-state index contributed by atoms with van der Waals surface area (Å²) < 4.78 is 11.3. The first-order valence-electron chi connectivity index (χ1n) is 8.99. The number of amides is 1. The molecule has 3 rings (SSSR count). The molecule has 0 atom stereocenters. The minimum atomic E-state index is -0.228. The van der Waals surface area contributed by atoms with E-state index in [1.807, 2.05) is 24.4 Å². The van der Waals surface area contributed by atoms with Gasteiger partial charge in [-0.15, -0.1) is 11.3 Å².